The third-order valence-electron chi connectivity index (χ3n) is 7.09. The van der Waals surface area contributed by atoms with Crippen molar-refractivity contribution in [1.29, 1.82) is 0 Å². The average molecular weight is 627 g/mol. The Morgan fingerprint density at radius 1 is 1.00 bits per heavy atom. The molecule has 0 saturated heterocycles. The molecule has 0 aliphatic rings. The maximum absolute atomic E-state index is 14.1. The van der Waals surface area contributed by atoms with Crippen LogP contribution in [0.25, 0.3) is 0 Å². The monoisotopic (exact) mass is 626 g/mol. The molecule has 0 heterocycles. The van der Waals surface area contributed by atoms with E-state index in [2.05, 4.69) is 5.32 Å². The number of ether oxygens (including phenoxy) is 2. The topological polar surface area (TPSA) is 148 Å². The van der Waals surface area contributed by atoms with Crippen LogP contribution in [0, 0.1) is 17.0 Å². The number of benzene rings is 3. The number of amides is 2. The van der Waals surface area contributed by atoms with Crippen LogP contribution in [-0.2, 0) is 26.2 Å². The molecule has 0 bridgehead atoms. The average Bonchev–Trinajstić information content (AvgIpc) is 3.02. The molecule has 1 atom stereocenters. The second-order valence-electron chi connectivity index (χ2n) is 10.1. The van der Waals surface area contributed by atoms with E-state index >= 15 is 0 Å². The number of carbonyl (C=O) groups excluding carboxylic acids is 2. The predicted octanol–water partition coefficient (Wildman–Crippen LogP) is 4.45. The van der Waals surface area contributed by atoms with Gasteiger partial charge in [-0.1, -0.05) is 31.5 Å². The number of unbranched alkanes of at least 4 members (excludes halogenated alkanes) is 1. The fourth-order valence-corrected chi connectivity index (χ4v) is 5.87. The molecular formula is C31H38N4O8S. The minimum Gasteiger partial charge on any atom is -0.497 e. The van der Waals surface area contributed by atoms with Crippen molar-refractivity contribution in [3.8, 4) is 11.5 Å². The van der Waals surface area contributed by atoms with E-state index in [0.717, 1.165) is 23.2 Å². The molecule has 0 fully saturated rings. The van der Waals surface area contributed by atoms with Crippen LogP contribution in [0.4, 0.5) is 11.4 Å². The first-order valence-electron chi connectivity index (χ1n) is 14.0. The Kier molecular flexibility index (Phi) is 11.7. The van der Waals surface area contributed by atoms with Crippen LogP contribution >= 0.6 is 0 Å². The van der Waals surface area contributed by atoms with E-state index in [9.17, 15) is 28.1 Å². The summed E-state index contributed by atoms with van der Waals surface area (Å²) in [4.78, 5) is 39.1. The lowest BCUT2D eigenvalue weighted by atomic mass is 10.1. The van der Waals surface area contributed by atoms with Crippen molar-refractivity contribution in [2.24, 2.45) is 0 Å². The highest BCUT2D eigenvalue weighted by Gasteiger charge is 2.33. The zero-order chi connectivity index (χ0) is 32.4. The maximum atomic E-state index is 14.1. The third-order valence-corrected chi connectivity index (χ3v) is 8.86. The van der Waals surface area contributed by atoms with Crippen LogP contribution in [0.15, 0.2) is 71.6 Å². The van der Waals surface area contributed by atoms with Gasteiger partial charge >= 0.3 is 0 Å². The van der Waals surface area contributed by atoms with Crippen LogP contribution in [0.2, 0.25) is 0 Å². The quantitative estimate of drug-likeness (QED) is 0.148. The number of methoxy groups -OCH3 is 2. The number of rotatable bonds is 15. The largest absolute Gasteiger partial charge is 0.497 e. The predicted molar refractivity (Wildman–Crippen MR) is 166 cm³/mol. The fourth-order valence-electron chi connectivity index (χ4n) is 4.44. The van der Waals surface area contributed by atoms with E-state index in [0.29, 0.717) is 23.6 Å². The SMILES string of the molecule is CCCCNC(=O)[C@@H](C)N(Cc1cccc(OC)c1)C(=O)CN(c1ccc(OC)cc1)S(=O)(=O)c1ccc(C)c([N+](=O)[O-])c1. The number of hydrogen-bond acceptors (Lipinski definition) is 8. The van der Waals surface area contributed by atoms with Crippen molar-refractivity contribution in [3.05, 3.63) is 88.0 Å². The Bertz CT molecular complexity index is 1580. The van der Waals surface area contributed by atoms with Crippen LogP contribution < -0.4 is 19.1 Å². The van der Waals surface area contributed by atoms with E-state index in [4.69, 9.17) is 9.47 Å². The zero-order valence-corrected chi connectivity index (χ0v) is 26.3. The number of sulfonamides is 1. The number of nitro groups is 1. The van der Waals surface area contributed by atoms with Gasteiger partial charge in [-0.25, -0.2) is 8.42 Å². The van der Waals surface area contributed by atoms with Gasteiger partial charge in [-0.3, -0.25) is 24.0 Å². The van der Waals surface area contributed by atoms with Gasteiger partial charge < -0.3 is 19.7 Å². The van der Waals surface area contributed by atoms with Crippen molar-refractivity contribution in [3.63, 3.8) is 0 Å². The van der Waals surface area contributed by atoms with Gasteiger partial charge in [0.15, 0.2) is 0 Å². The Balaban J connectivity index is 2.07. The molecule has 236 valence electrons. The van der Waals surface area contributed by atoms with Gasteiger partial charge in [0.1, 0.15) is 24.1 Å². The van der Waals surface area contributed by atoms with E-state index in [1.807, 2.05) is 6.92 Å². The molecular weight excluding hydrogens is 588 g/mol. The summed E-state index contributed by atoms with van der Waals surface area (Å²) < 4.78 is 39.5. The summed E-state index contributed by atoms with van der Waals surface area (Å²) in [5, 5.41) is 14.4. The van der Waals surface area contributed by atoms with Gasteiger partial charge in [-0.2, -0.15) is 0 Å². The summed E-state index contributed by atoms with van der Waals surface area (Å²) in [6.45, 7) is 4.81. The Morgan fingerprint density at radius 3 is 2.30 bits per heavy atom. The van der Waals surface area contributed by atoms with Gasteiger partial charge in [-0.05, 0) is 68.3 Å². The lowest BCUT2D eigenvalue weighted by Crippen LogP contribution is -2.51. The molecule has 3 rings (SSSR count). The van der Waals surface area contributed by atoms with Crippen molar-refractivity contribution in [2.45, 2.75) is 51.1 Å². The standard InChI is InChI=1S/C31H38N4O8S/c1-6-7-17-32-31(37)23(3)33(20-24-9-8-10-27(18-24)43-5)30(36)21-34(25-12-14-26(42-4)15-13-25)44(40,41)28-16-11-22(2)29(19-28)35(38)39/h8-16,18-19,23H,6-7,17,20-21H2,1-5H3,(H,32,37)/t23-/m1/s1. The molecule has 0 saturated carbocycles. The van der Waals surface area contributed by atoms with Crippen molar-refractivity contribution in [1.82, 2.24) is 10.2 Å². The first kappa shape index (κ1) is 33.8. The number of nitrogens with one attached hydrogen (secondary N) is 1. The van der Waals surface area contributed by atoms with Crippen molar-refractivity contribution in [2.75, 3.05) is 31.6 Å². The zero-order valence-electron chi connectivity index (χ0n) is 25.5. The van der Waals surface area contributed by atoms with E-state index in [-0.39, 0.29) is 34.3 Å². The highest BCUT2D eigenvalue weighted by Crippen LogP contribution is 2.29. The molecule has 2 amide bonds. The van der Waals surface area contributed by atoms with Gasteiger partial charge in [-0.15, -0.1) is 0 Å². The molecule has 0 aromatic heterocycles. The molecule has 13 heteroatoms. The molecule has 0 aliphatic heterocycles. The molecule has 0 aliphatic carbocycles. The van der Waals surface area contributed by atoms with Gasteiger partial charge in [0.2, 0.25) is 11.8 Å². The molecule has 3 aromatic carbocycles. The third kappa shape index (κ3) is 8.25. The summed E-state index contributed by atoms with van der Waals surface area (Å²) in [6, 6.07) is 15.6. The minimum atomic E-state index is -4.50. The highest BCUT2D eigenvalue weighted by molar-refractivity contribution is 7.92. The van der Waals surface area contributed by atoms with E-state index in [1.54, 1.807) is 31.2 Å². The molecule has 1 N–H and O–H groups in total. The lowest BCUT2D eigenvalue weighted by Gasteiger charge is -2.32. The number of nitrogens with zero attached hydrogens (tertiary/aromatic N) is 3. The first-order valence-corrected chi connectivity index (χ1v) is 15.5. The minimum absolute atomic E-state index is 0.00903. The normalized spacial score (nSPS) is 11.8. The van der Waals surface area contributed by atoms with E-state index < -0.39 is 33.4 Å². The van der Waals surface area contributed by atoms with Crippen LogP contribution in [0.5, 0.6) is 11.5 Å². The molecule has 0 unspecified atom stereocenters. The summed E-state index contributed by atoms with van der Waals surface area (Å²) in [6.07, 6.45) is 1.63. The summed E-state index contributed by atoms with van der Waals surface area (Å²) in [5.74, 6) is -0.0338. The van der Waals surface area contributed by atoms with Crippen LogP contribution in [0.3, 0.4) is 0 Å². The van der Waals surface area contributed by atoms with Gasteiger partial charge in [0.25, 0.3) is 15.7 Å². The summed E-state index contributed by atoms with van der Waals surface area (Å²) in [5.41, 5.74) is 0.709. The second-order valence-corrected chi connectivity index (χ2v) is 12.0. The smallest absolute Gasteiger partial charge is 0.273 e. The van der Waals surface area contributed by atoms with E-state index in [1.165, 1.54) is 62.4 Å². The number of carbonyl (C=O) groups is 2. The van der Waals surface area contributed by atoms with Crippen LogP contribution in [0.1, 0.15) is 37.8 Å². The van der Waals surface area contributed by atoms with Gasteiger partial charge in [0, 0.05) is 24.7 Å². The number of hydrogen-bond donors (Lipinski definition) is 1. The first-order chi connectivity index (χ1) is 20.9. The Hall–Kier alpha value is -4.65. The maximum Gasteiger partial charge on any atom is 0.273 e. The van der Waals surface area contributed by atoms with Crippen molar-refractivity contribution < 1.29 is 32.4 Å². The van der Waals surface area contributed by atoms with Gasteiger partial charge in [0.05, 0.1) is 29.7 Å². The molecule has 12 nitrogen and oxygen atoms in total. The molecule has 0 radical (unpaired) electrons. The molecule has 3 aromatic rings. The van der Waals surface area contributed by atoms with Crippen LogP contribution in [-0.4, -0.2) is 63.4 Å². The highest BCUT2D eigenvalue weighted by atomic mass is 32.2. The van der Waals surface area contributed by atoms with Crippen molar-refractivity contribution >= 4 is 33.2 Å². The number of nitro benzene ring substituents is 1. The summed E-state index contributed by atoms with van der Waals surface area (Å²) >= 11 is 0. The number of aryl methyl sites for hydroxylation is 1. The molecule has 0 spiro atoms. The molecule has 44 heavy (non-hydrogen) atoms. The second kappa shape index (κ2) is 15.2. The number of anilines is 1. The fraction of sp³-hybridized carbons (Fsp3) is 0.355. The Morgan fingerprint density at radius 2 is 1.68 bits per heavy atom. The summed E-state index contributed by atoms with van der Waals surface area (Å²) in [7, 11) is -1.53. The Labute approximate surface area is 257 Å². The lowest BCUT2D eigenvalue weighted by molar-refractivity contribution is -0.385.